The first kappa shape index (κ1) is 18.0. The van der Waals surface area contributed by atoms with Crippen molar-refractivity contribution in [1.82, 2.24) is 5.32 Å². The molecule has 24 heavy (non-hydrogen) atoms. The molecule has 128 valence electrons. The zero-order valence-electron chi connectivity index (χ0n) is 14.5. The number of nitrogens with one attached hydrogen (secondary N) is 1. The number of amides is 1. The van der Waals surface area contributed by atoms with Gasteiger partial charge in [0, 0.05) is 7.11 Å². The Kier molecular flexibility index (Phi) is 6.38. The number of benzene rings is 2. The van der Waals surface area contributed by atoms with Gasteiger partial charge in [0.1, 0.15) is 11.4 Å². The SMILES string of the molecule is CCOc1ccccc1C(=O)NCC(CC)(OC)c1ccccc1. The lowest BCUT2D eigenvalue weighted by Crippen LogP contribution is -2.42. The van der Waals surface area contributed by atoms with Gasteiger partial charge in [0.05, 0.1) is 18.7 Å². The molecule has 0 aliphatic heterocycles. The van der Waals surface area contributed by atoms with Crippen molar-refractivity contribution < 1.29 is 14.3 Å². The Morgan fingerprint density at radius 2 is 1.71 bits per heavy atom. The van der Waals surface area contributed by atoms with Crippen LogP contribution in [0.4, 0.5) is 0 Å². The van der Waals surface area contributed by atoms with E-state index in [0.29, 0.717) is 24.5 Å². The Balaban J connectivity index is 2.17. The Labute approximate surface area is 143 Å². The van der Waals surface area contributed by atoms with Crippen LogP contribution in [0.2, 0.25) is 0 Å². The lowest BCUT2D eigenvalue weighted by atomic mass is 9.90. The molecule has 1 N–H and O–H groups in total. The standard InChI is InChI=1S/C20H25NO3/c1-4-20(23-3,16-11-7-6-8-12-16)15-21-19(22)17-13-9-10-14-18(17)24-5-2/h6-14H,4-5,15H2,1-3H3,(H,21,22). The van der Waals surface area contributed by atoms with E-state index < -0.39 is 5.60 Å². The van der Waals surface area contributed by atoms with E-state index in [1.807, 2.05) is 49.4 Å². The summed E-state index contributed by atoms with van der Waals surface area (Å²) in [6.07, 6.45) is 0.751. The number of para-hydroxylation sites is 1. The number of methoxy groups -OCH3 is 1. The van der Waals surface area contributed by atoms with E-state index in [-0.39, 0.29) is 5.91 Å². The Morgan fingerprint density at radius 3 is 2.33 bits per heavy atom. The highest BCUT2D eigenvalue weighted by atomic mass is 16.5. The van der Waals surface area contributed by atoms with Crippen molar-refractivity contribution >= 4 is 5.91 Å². The number of carbonyl (C=O) groups is 1. The molecular formula is C20H25NO3. The van der Waals surface area contributed by atoms with Crippen molar-refractivity contribution in [3.05, 3.63) is 65.7 Å². The first-order valence-corrected chi connectivity index (χ1v) is 8.27. The van der Waals surface area contributed by atoms with Crippen LogP contribution in [-0.4, -0.2) is 26.2 Å². The van der Waals surface area contributed by atoms with Crippen molar-refractivity contribution in [2.45, 2.75) is 25.9 Å². The molecular weight excluding hydrogens is 302 g/mol. The fourth-order valence-corrected chi connectivity index (χ4v) is 2.76. The number of hydrogen-bond acceptors (Lipinski definition) is 3. The van der Waals surface area contributed by atoms with Gasteiger partial charge in [0.2, 0.25) is 0 Å². The van der Waals surface area contributed by atoms with Gasteiger partial charge in [0.25, 0.3) is 5.91 Å². The third-order valence-corrected chi connectivity index (χ3v) is 4.23. The average molecular weight is 327 g/mol. The Bertz CT molecular complexity index is 651. The molecule has 0 saturated heterocycles. The van der Waals surface area contributed by atoms with Crippen molar-refractivity contribution in [1.29, 1.82) is 0 Å². The van der Waals surface area contributed by atoms with E-state index in [4.69, 9.17) is 9.47 Å². The van der Waals surface area contributed by atoms with Gasteiger partial charge < -0.3 is 14.8 Å². The molecule has 0 radical (unpaired) electrons. The minimum atomic E-state index is -0.544. The molecule has 4 nitrogen and oxygen atoms in total. The third-order valence-electron chi connectivity index (χ3n) is 4.23. The highest BCUT2D eigenvalue weighted by molar-refractivity contribution is 5.96. The van der Waals surface area contributed by atoms with Crippen LogP contribution >= 0.6 is 0 Å². The first-order valence-electron chi connectivity index (χ1n) is 8.27. The summed E-state index contributed by atoms with van der Waals surface area (Å²) in [5.41, 5.74) is 1.04. The molecule has 0 aromatic heterocycles. The lowest BCUT2D eigenvalue weighted by molar-refractivity contribution is -0.0164. The molecule has 0 bridgehead atoms. The predicted molar refractivity (Wildman–Crippen MR) is 95.4 cm³/mol. The maximum Gasteiger partial charge on any atom is 0.255 e. The Morgan fingerprint density at radius 1 is 1.04 bits per heavy atom. The van der Waals surface area contributed by atoms with E-state index in [0.717, 1.165) is 12.0 Å². The molecule has 0 spiro atoms. The molecule has 2 aromatic carbocycles. The molecule has 1 atom stereocenters. The van der Waals surface area contributed by atoms with Crippen LogP contribution in [0.25, 0.3) is 0 Å². The maximum atomic E-state index is 12.6. The second-order valence-corrected chi connectivity index (χ2v) is 5.53. The van der Waals surface area contributed by atoms with Gasteiger partial charge in [0.15, 0.2) is 0 Å². The van der Waals surface area contributed by atoms with Crippen molar-refractivity contribution in [2.75, 3.05) is 20.3 Å². The van der Waals surface area contributed by atoms with Crippen molar-refractivity contribution in [3.8, 4) is 5.75 Å². The van der Waals surface area contributed by atoms with Gasteiger partial charge in [-0.25, -0.2) is 0 Å². The van der Waals surface area contributed by atoms with Crippen LogP contribution < -0.4 is 10.1 Å². The molecule has 2 aromatic rings. The van der Waals surface area contributed by atoms with Crippen LogP contribution in [-0.2, 0) is 10.3 Å². The van der Waals surface area contributed by atoms with E-state index in [1.165, 1.54) is 0 Å². The number of carbonyl (C=O) groups excluding carboxylic acids is 1. The number of rotatable bonds is 8. The summed E-state index contributed by atoms with van der Waals surface area (Å²) in [5.74, 6) is 0.432. The van der Waals surface area contributed by atoms with E-state index in [1.54, 1.807) is 19.2 Å². The van der Waals surface area contributed by atoms with Gasteiger partial charge in [-0.15, -0.1) is 0 Å². The fourth-order valence-electron chi connectivity index (χ4n) is 2.76. The number of hydrogen-bond donors (Lipinski definition) is 1. The summed E-state index contributed by atoms with van der Waals surface area (Å²) in [7, 11) is 1.68. The molecule has 4 heteroatoms. The predicted octanol–water partition coefficient (Wildman–Crippen LogP) is 3.77. The molecule has 0 aliphatic rings. The molecule has 2 rings (SSSR count). The average Bonchev–Trinajstić information content (AvgIpc) is 2.64. The minimum absolute atomic E-state index is 0.162. The number of ether oxygens (including phenoxy) is 2. The van der Waals surface area contributed by atoms with Crippen LogP contribution in [0.3, 0.4) is 0 Å². The van der Waals surface area contributed by atoms with Crippen molar-refractivity contribution in [3.63, 3.8) is 0 Å². The first-order chi connectivity index (χ1) is 11.7. The van der Waals surface area contributed by atoms with Crippen molar-refractivity contribution in [2.24, 2.45) is 0 Å². The quantitative estimate of drug-likeness (QED) is 0.803. The summed E-state index contributed by atoms with van der Waals surface area (Å²) in [5, 5.41) is 3.00. The zero-order chi connectivity index (χ0) is 17.4. The molecule has 0 fully saturated rings. The monoisotopic (exact) mass is 327 g/mol. The van der Waals surface area contributed by atoms with Crippen LogP contribution in [0.5, 0.6) is 5.75 Å². The second-order valence-electron chi connectivity index (χ2n) is 5.53. The van der Waals surface area contributed by atoms with Crippen LogP contribution in [0.1, 0.15) is 36.2 Å². The Hall–Kier alpha value is -2.33. The minimum Gasteiger partial charge on any atom is -0.493 e. The molecule has 0 aliphatic carbocycles. The molecule has 1 unspecified atom stereocenters. The van der Waals surface area contributed by atoms with Gasteiger partial charge in [-0.1, -0.05) is 49.4 Å². The fraction of sp³-hybridized carbons (Fsp3) is 0.350. The summed E-state index contributed by atoms with van der Waals surface area (Å²) in [4.78, 5) is 12.6. The zero-order valence-corrected chi connectivity index (χ0v) is 14.5. The van der Waals surface area contributed by atoms with Gasteiger partial charge in [-0.05, 0) is 31.0 Å². The highest BCUT2D eigenvalue weighted by Gasteiger charge is 2.31. The largest absolute Gasteiger partial charge is 0.493 e. The summed E-state index contributed by atoms with van der Waals surface area (Å²) >= 11 is 0. The normalized spacial score (nSPS) is 13.1. The van der Waals surface area contributed by atoms with Gasteiger partial charge in [-0.2, -0.15) is 0 Å². The molecule has 1 amide bonds. The maximum absolute atomic E-state index is 12.6. The highest BCUT2D eigenvalue weighted by Crippen LogP contribution is 2.28. The second kappa shape index (κ2) is 8.50. The lowest BCUT2D eigenvalue weighted by Gasteiger charge is -2.32. The van der Waals surface area contributed by atoms with E-state index in [9.17, 15) is 4.79 Å². The van der Waals surface area contributed by atoms with Gasteiger partial charge in [-0.3, -0.25) is 4.79 Å². The summed E-state index contributed by atoms with van der Waals surface area (Å²) in [6, 6.07) is 17.2. The van der Waals surface area contributed by atoms with Crippen LogP contribution in [0, 0.1) is 0 Å². The third kappa shape index (κ3) is 3.95. The van der Waals surface area contributed by atoms with Crippen LogP contribution in [0.15, 0.2) is 54.6 Å². The van der Waals surface area contributed by atoms with Gasteiger partial charge >= 0.3 is 0 Å². The molecule has 0 heterocycles. The smallest absolute Gasteiger partial charge is 0.255 e. The van der Waals surface area contributed by atoms with E-state index in [2.05, 4.69) is 12.2 Å². The topological polar surface area (TPSA) is 47.6 Å². The summed E-state index contributed by atoms with van der Waals surface area (Å²) < 4.78 is 11.3. The summed E-state index contributed by atoms with van der Waals surface area (Å²) in [6.45, 7) is 4.86. The van der Waals surface area contributed by atoms with E-state index >= 15 is 0 Å². The molecule has 0 saturated carbocycles.